The normalized spacial score (nSPS) is 13.9. The highest BCUT2D eigenvalue weighted by atomic mass is 14.8. The minimum atomic E-state index is 1.03. The molecule has 0 saturated carbocycles. The highest BCUT2D eigenvalue weighted by molar-refractivity contribution is 6.25. The van der Waals surface area contributed by atoms with Crippen LogP contribution < -0.4 is 0 Å². The Kier molecular flexibility index (Phi) is 3.07. The molecule has 0 amide bonds. The number of aliphatic imine (C=N–C) groups is 1. The van der Waals surface area contributed by atoms with Crippen LogP contribution in [0.2, 0.25) is 0 Å². The van der Waals surface area contributed by atoms with Crippen molar-refractivity contribution < 1.29 is 0 Å². The average Bonchev–Trinajstić information content (AvgIpc) is 2.95. The van der Waals surface area contributed by atoms with Crippen molar-refractivity contribution in [3.63, 3.8) is 0 Å². The quantitative estimate of drug-likeness (QED) is 0.344. The van der Waals surface area contributed by atoms with Crippen LogP contribution in [0.4, 0.5) is 5.69 Å². The van der Waals surface area contributed by atoms with Gasteiger partial charge in [-0.15, -0.1) is 0 Å². The maximum absolute atomic E-state index is 5.13. The fourth-order valence-corrected chi connectivity index (χ4v) is 3.71. The Morgan fingerprint density at radius 2 is 1.32 bits per heavy atom. The lowest BCUT2D eigenvalue weighted by molar-refractivity contribution is 1.46. The molecule has 1 heteroatoms. The summed E-state index contributed by atoms with van der Waals surface area (Å²) in [4.78, 5) is 5.13. The first-order valence-electron chi connectivity index (χ1n) is 8.58. The van der Waals surface area contributed by atoms with Crippen LogP contribution in [-0.4, -0.2) is 5.71 Å². The second kappa shape index (κ2) is 5.42. The van der Waals surface area contributed by atoms with Gasteiger partial charge in [0.2, 0.25) is 0 Å². The van der Waals surface area contributed by atoms with Crippen molar-refractivity contribution in [2.75, 3.05) is 0 Å². The van der Waals surface area contributed by atoms with Gasteiger partial charge in [-0.05, 0) is 35.6 Å². The molecule has 0 aromatic heterocycles. The number of benzene rings is 4. The summed E-state index contributed by atoms with van der Waals surface area (Å²) in [6.07, 6.45) is 0. The van der Waals surface area contributed by atoms with Crippen LogP contribution in [-0.2, 0) is 0 Å². The second-order valence-electron chi connectivity index (χ2n) is 6.55. The number of hydrogen-bond donors (Lipinski definition) is 0. The summed E-state index contributed by atoms with van der Waals surface area (Å²) in [5, 5.41) is 2.41. The number of fused-ring (bicyclic) bond motifs is 4. The van der Waals surface area contributed by atoms with Gasteiger partial charge >= 0.3 is 0 Å². The molecule has 5 rings (SSSR count). The zero-order valence-electron chi connectivity index (χ0n) is 14.0. The summed E-state index contributed by atoms with van der Waals surface area (Å²) in [7, 11) is 0. The third-order valence-electron chi connectivity index (χ3n) is 4.90. The van der Waals surface area contributed by atoms with Gasteiger partial charge in [-0.25, -0.2) is 4.99 Å². The minimum Gasteiger partial charge on any atom is -0.247 e. The maximum Gasteiger partial charge on any atom is 0.0794 e. The van der Waals surface area contributed by atoms with Gasteiger partial charge in [0.05, 0.1) is 11.4 Å². The van der Waals surface area contributed by atoms with E-state index in [0.717, 1.165) is 11.4 Å². The van der Waals surface area contributed by atoms with Gasteiger partial charge in [-0.1, -0.05) is 78.4 Å². The highest BCUT2D eigenvalue weighted by Crippen LogP contribution is 2.39. The predicted molar refractivity (Wildman–Crippen MR) is 106 cm³/mol. The summed E-state index contributed by atoms with van der Waals surface area (Å²) < 4.78 is 0. The molecule has 0 radical (unpaired) electrons. The molecule has 1 nitrogen and oxygen atoms in total. The van der Waals surface area contributed by atoms with Gasteiger partial charge in [0.1, 0.15) is 0 Å². The van der Waals surface area contributed by atoms with Crippen LogP contribution in [0.5, 0.6) is 0 Å². The van der Waals surface area contributed by atoms with Crippen LogP contribution >= 0.6 is 0 Å². The van der Waals surface area contributed by atoms with Crippen LogP contribution in [0.25, 0.3) is 21.9 Å². The number of aryl methyl sites for hydroxylation is 1. The molecule has 118 valence electrons. The molecule has 4 aromatic rings. The monoisotopic (exact) mass is 319 g/mol. The Bertz CT molecular complexity index is 1150. The second-order valence-corrected chi connectivity index (χ2v) is 6.55. The summed E-state index contributed by atoms with van der Waals surface area (Å²) in [5.74, 6) is 0. The molecule has 0 heterocycles. The third kappa shape index (κ3) is 2.20. The first-order chi connectivity index (χ1) is 12.3. The number of nitrogens with zero attached hydrogens (tertiary/aromatic N) is 1. The number of rotatable bonds is 1. The highest BCUT2D eigenvalue weighted by Gasteiger charge is 2.24. The van der Waals surface area contributed by atoms with Gasteiger partial charge in [0.25, 0.3) is 0 Å². The van der Waals surface area contributed by atoms with Gasteiger partial charge in [-0.2, -0.15) is 0 Å². The van der Waals surface area contributed by atoms with E-state index in [4.69, 9.17) is 4.99 Å². The van der Waals surface area contributed by atoms with Gasteiger partial charge in [0, 0.05) is 16.5 Å². The summed E-state index contributed by atoms with van der Waals surface area (Å²) >= 11 is 0. The zero-order chi connectivity index (χ0) is 16.8. The molecule has 25 heavy (non-hydrogen) atoms. The first-order valence-corrected chi connectivity index (χ1v) is 8.58. The smallest absolute Gasteiger partial charge is 0.0794 e. The van der Waals surface area contributed by atoms with E-state index in [-0.39, 0.29) is 0 Å². The minimum absolute atomic E-state index is 1.03. The van der Waals surface area contributed by atoms with E-state index in [0.29, 0.717) is 0 Å². The van der Waals surface area contributed by atoms with Crippen molar-refractivity contribution >= 4 is 22.2 Å². The zero-order valence-corrected chi connectivity index (χ0v) is 14.0. The van der Waals surface area contributed by atoms with Gasteiger partial charge in [-0.3, -0.25) is 0 Å². The molecular weight excluding hydrogens is 302 g/mol. The molecule has 0 aliphatic heterocycles. The summed E-state index contributed by atoms with van der Waals surface area (Å²) in [6.45, 7) is 2.14. The van der Waals surface area contributed by atoms with Gasteiger partial charge in [0.15, 0.2) is 0 Å². The van der Waals surface area contributed by atoms with Crippen molar-refractivity contribution in [3.8, 4) is 11.1 Å². The number of hydrogen-bond acceptors (Lipinski definition) is 1. The lowest BCUT2D eigenvalue weighted by Gasteiger charge is -2.06. The summed E-state index contributed by atoms with van der Waals surface area (Å²) in [5.41, 5.74) is 8.36. The lowest BCUT2D eigenvalue weighted by atomic mass is 10.0. The van der Waals surface area contributed by atoms with E-state index in [1.165, 1.54) is 38.6 Å². The van der Waals surface area contributed by atoms with E-state index < -0.39 is 0 Å². The van der Waals surface area contributed by atoms with Crippen molar-refractivity contribution in [2.45, 2.75) is 6.92 Å². The molecule has 0 saturated heterocycles. The van der Waals surface area contributed by atoms with Gasteiger partial charge < -0.3 is 0 Å². The lowest BCUT2D eigenvalue weighted by Crippen LogP contribution is -1.98. The van der Waals surface area contributed by atoms with Crippen LogP contribution in [0.1, 0.15) is 16.7 Å². The largest absolute Gasteiger partial charge is 0.247 e. The SMILES string of the molecule is Cc1ccc2c(c1)C(=Nc1cccc3ccccc13)c1ccccc1-2. The molecule has 1 aliphatic carbocycles. The van der Waals surface area contributed by atoms with Crippen molar-refractivity contribution in [3.05, 3.63) is 102 Å². The molecule has 0 fully saturated rings. The van der Waals surface area contributed by atoms with Crippen LogP contribution in [0.3, 0.4) is 0 Å². The Hall–Kier alpha value is -3.19. The Morgan fingerprint density at radius 3 is 2.24 bits per heavy atom. The first kappa shape index (κ1) is 14.2. The Morgan fingerprint density at radius 1 is 0.600 bits per heavy atom. The van der Waals surface area contributed by atoms with Crippen LogP contribution in [0, 0.1) is 6.92 Å². The molecule has 0 spiro atoms. The molecule has 4 aromatic carbocycles. The average molecular weight is 319 g/mol. The molecule has 0 unspecified atom stereocenters. The molecule has 0 bridgehead atoms. The van der Waals surface area contributed by atoms with Crippen molar-refractivity contribution in [1.29, 1.82) is 0 Å². The fourth-order valence-electron chi connectivity index (χ4n) is 3.71. The summed E-state index contributed by atoms with van der Waals surface area (Å²) in [6, 6.07) is 30.0. The van der Waals surface area contributed by atoms with Crippen molar-refractivity contribution in [1.82, 2.24) is 0 Å². The van der Waals surface area contributed by atoms with Crippen LogP contribution in [0.15, 0.2) is 89.9 Å². The Labute approximate surface area is 147 Å². The molecular formula is C24H17N. The molecule has 1 aliphatic rings. The predicted octanol–water partition coefficient (Wildman–Crippen LogP) is 6.30. The van der Waals surface area contributed by atoms with E-state index in [9.17, 15) is 0 Å². The third-order valence-corrected chi connectivity index (χ3v) is 4.90. The standard InChI is InChI=1S/C24H17N/c1-16-13-14-20-19-10-4-5-11-21(19)24(22(20)15-16)25-23-12-6-8-17-7-2-3-9-18(17)23/h2-15H,1H3. The topological polar surface area (TPSA) is 12.4 Å². The molecule has 0 atom stereocenters. The van der Waals surface area contributed by atoms with E-state index in [1.54, 1.807) is 0 Å². The fraction of sp³-hybridized carbons (Fsp3) is 0.0417. The van der Waals surface area contributed by atoms with E-state index in [2.05, 4.69) is 91.9 Å². The maximum atomic E-state index is 5.13. The van der Waals surface area contributed by atoms with Crippen molar-refractivity contribution in [2.24, 2.45) is 4.99 Å². The van der Waals surface area contributed by atoms with E-state index in [1.807, 2.05) is 0 Å². The molecule has 0 N–H and O–H groups in total. The Balaban J connectivity index is 1.82. The van der Waals surface area contributed by atoms with E-state index >= 15 is 0 Å².